The van der Waals surface area contributed by atoms with Crippen molar-refractivity contribution in [3.8, 4) is 0 Å². The van der Waals surface area contributed by atoms with Crippen LogP contribution in [-0.2, 0) is 4.74 Å². The normalized spacial score (nSPS) is 17.0. The summed E-state index contributed by atoms with van der Waals surface area (Å²) in [5, 5.41) is 0. The molecule has 2 rings (SSSR count). The number of morpholine rings is 1. The molecule has 1 aromatic heterocycles. The smallest absolute Gasteiger partial charge is 0.265 e. The minimum Gasteiger partial charge on any atom is -0.383 e. The lowest BCUT2D eigenvalue weighted by Crippen LogP contribution is -2.40. The standard InChI is InChI=1S/C8H11N3O2S/c9-7-5-6(14-10-7)8(12)11-1-3-13-4-2-11/h5H,1-4H2,(H2,9,10). The highest BCUT2D eigenvalue weighted by molar-refractivity contribution is 7.08. The number of carbonyl (C=O) groups excluding carboxylic acids is 1. The number of ether oxygens (including phenoxy) is 1. The molecule has 0 aliphatic carbocycles. The van der Waals surface area contributed by atoms with E-state index < -0.39 is 0 Å². The van der Waals surface area contributed by atoms with Gasteiger partial charge in [-0.15, -0.1) is 0 Å². The Kier molecular flexibility index (Phi) is 2.64. The van der Waals surface area contributed by atoms with E-state index in [1.807, 2.05) is 0 Å². The second kappa shape index (κ2) is 3.93. The third-order valence-electron chi connectivity index (χ3n) is 2.04. The van der Waals surface area contributed by atoms with Crippen molar-refractivity contribution < 1.29 is 9.53 Å². The van der Waals surface area contributed by atoms with Gasteiger partial charge in [0.15, 0.2) is 0 Å². The Bertz CT molecular complexity index is 333. The van der Waals surface area contributed by atoms with Crippen molar-refractivity contribution in [1.29, 1.82) is 0 Å². The zero-order valence-electron chi connectivity index (χ0n) is 7.60. The van der Waals surface area contributed by atoms with Crippen LogP contribution >= 0.6 is 11.5 Å². The lowest BCUT2D eigenvalue weighted by Gasteiger charge is -2.26. The van der Waals surface area contributed by atoms with Crippen LogP contribution in [0.5, 0.6) is 0 Å². The summed E-state index contributed by atoms with van der Waals surface area (Å²) in [6, 6.07) is 1.61. The van der Waals surface area contributed by atoms with E-state index in [0.29, 0.717) is 37.0 Å². The second-order valence-corrected chi connectivity index (χ2v) is 3.83. The average Bonchev–Trinajstić information content (AvgIpc) is 2.65. The monoisotopic (exact) mass is 213 g/mol. The number of carbonyl (C=O) groups is 1. The molecule has 1 saturated heterocycles. The van der Waals surface area contributed by atoms with Crippen molar-refractivity contribution in [2.24, 2.45) is 0 Å². The molecular formula is C8H11N3O2S. The van der Waals surface area contributed by atoms with Gasteiger partial charge in [-0.3, -0.25) is 4.79 Å². The summed E-state index contributed by atoms with van der Waals surface area (Å²) in [5.41, 5.74) is 5.45. The maximum atomic E-state index is 11.8. The Morgan fingerprint density at radius 1 is 1.57 bits per heavy atom. The first-order chi connectivity index (χ1) is 6.77. The Labute approximate surface area is 85.6 Å². The molecule has 0 atom stereocenters. The van der Waals surface area contributed by atoms with E-state index in [1.54, 1.807) is 11.0 Å². The molecule has 0 spiro atoms. The van der Waals surface area contributed by atoms with Crippen molar-refractivity contribution in [2.75, 3.05) is 32.0 Å². The number of amides is 1. The van der Waals surface area contributed by atoms with Gasteiger partial charge in [-0.1, -0.05) is 0 Å². The van der Waals surface area contributed by atoms with Crippen LogP contribution in [0.25, 0.3) is 0 Å². The van der Waals surface area contributed by atoms with Crippen LogP contribution in [0.4, 0.5) is 5.82 Å². The fourth-order valence-corrected chi connectivity index (χ4v) is 1.95. The summed E-state index contributed by atoms with van der Waals surface area (Å²) in [4.78, 5) is 14.2. The van der Waals surface area contributed by atoms with E-state index in [-0.39, 0.29) is 5.91 Å². The van der Waals surface area contributed by atoms with Gasteiger partial charge >= 0.3 is 0 Å². The number of aromatic nitrogens is 1. The Morgan fingerprint density at radius 3 is 2.86 bits per heavy atom. The van der Waals surface area contributed by atoms with Crippen molar-refractivity contribution in [3.63, 3.8) is 0 Å². The minimum atomic E-state index is 0.00231. The Morgan fingerprint density at radius 2 is 2.29 bits per heavy atom. The molecule has 0 saturated carbocycles. The number of nitrogens with two attached hydrogens (primary N) is 1. The summed E-state index contributed by atoms with van der Waals surface area (Å²) in [5.74, 6) is 0.411. The fraction of sp³-hybridized carbons (Fsp3) is 0.500. The van der Waals surface area contributed by atoms with Crippen LogP contribution in [-0.4, -0.2) is 41.5 Å². The number of hydrogen-bond acceptors (Lipinski definition) is 5. The fourth-order valence-electron chi connectivity index (χ4n) is 1.31. The summed E-state index contributed by atoms with van der Waals surface area (Å²) < 4.78 is 9.03. The van der Waals surface area contributed by atoms with Crippen LogP contribution in [0.15, 0.2) is 6.07 Å². The minimum absolute atomic E-state index is 0.00231. The van der Waals surface area contributed by atoms with Crippen molar-refractivity contribution in [1.82, 2.24) is 9.27 Å². The lowest BCUT2D eigenvalue weighted by molar-refractivity contribution is 0.0306. The van der Waals surface area contributed by atoms with Gasteiger partial charge in [-0.25, -0.2) is 0 Å². The molecule has 1 aromatic rings. The molecule has 0 aromatic carbocycles. The zero-order valence-corrected chi connectivity index (χ0v) is 8.42. The van der Waals surface area contributed by atoms with E-state index in [4.69, 9.17) is 10.5 Å². The maximum absolute atomic E-state index is 11.8. The number of hydrogen-bond donors (Lipinski definition) is 1. The van der Waals surface area contributed by atoms with Crippen LogP contribution in [0.2, 0.25) is 0 Å². The van der Waals surface area contributed by atoms with Crippen LogP contribution in [0.3, 0.4) is 0 Å². The van der Waals surface area contributed by atoms with E-state index in [1.165, 1.54) is 0 Å². The summed E-state index contributed by atoms with van der Waals surface area (Å²) in [7, 11) is 0. The molecule has 6 heteroatoms. The SMILES string of the molecule is Nc1cc(C(=O)N2CCOCC2)sn1. The predicted molar refractivity (Wildman–Crippen MR) is 53.2 cm³/mol. The van der Waals surface area contributed by atoms with E-state index in [2.05, 4.69) is 4.37 Å². The molecule has 0 bridgehead atoms. The van der Waals surface area contributed by atoms with Crippen LogP contribution < -0.4 is 5.73 Å². The van der Waals surface area contributed by atoms with Gasteiger partial charge in [-0.2, -0.15) is 4.37 Å². The molecule has 5 nitrogen and oxygen atoms in total. The van der Waals surface area contributed by atoms with Crippen LogP contribution in [0.1, 0.15) is 9.67 Å². The molecule has 1 fully saturated rings. The average molecular weight is 213 g/mol. The highest BCUT2D eigenvalue weighted by atomic mass is 32.1. The van der Waals surface area contributed by atoms with Crippen molar-refractivity contribution >= 4 is 23.3 Å². The van der Waals surface area contributed by atoms with Gasteiger partial charge in [0, 0.05) is 19.2 Å². The summed E-state index contributed by atoms with van der Waals surface area (Å²) in [6.07, 6.45) is 0. The molecule has 1 amide bonds. The van der Waals surface area contributed by atoms with Crippen LogP contribution in [0, 0.1) is 0 Å². The van der Waals surface area contributed by atoms with Crippen molar-refractivity contribution in [3.05, 3.63) is 10.9 Å². The molecule has 0 unspecified atom stereocenters. The largest absolute Gasteiger partial charge is 0.383 e. The maximum Gasteiger partial charge on any atom is 0.265 e. The highest BCUT2D eigenvalue weighted by Crippen LogP contribution is 2.14. The molecule has 1 aliphatic rings. The molecule has 1 aliphatic heterocycles. The van der Waals surface area contributed by atoms with E-state index >= 15 is 0 Å². The van der Waals surface area contributed by atoms with Gasteiger partial charge in [0.05, 0.1) is 13.2 Å². The summed E-state index contributed by atoms with van der Waals surface area (Å²) >= 11 is 1.14. The third-order valence-corrected chi connectivity index (χ3v) is 2.83. The molecular weight excluding hydrogens is 202 g/mol. The zero-order chi connectivity index (χ0) is 9.97. The number of nitrogens with zero attached hydrogens (tertiary/aromatic N) is 2. The Balaban J connectivity index is 2.07. The van der Waals surface area contributed by atoms with Gasteiger partial charge in [-0.05, 0) is 11.5 Å². The number of nitrogen functional groups attached to an aromatic ring is 1. The first-order valence-corrected chi connectivity index (χ1v) is 5.14. The molecule has 2 N–H and O–H groups in total. The molecule has 14 heavy (non-hydrogen) atoms. The lowest BCUT2D eigenvalue weighted by atomic mass is 10.3. The molecule has 0 radical (unpaired) electrons. The van der Waals surface area contributed by atoms with E-state index in [9.17, 15) is 4.79 Å². The third kappa shape index (κ3) is 1.85. The van der Waals surface area contributed by atoms with Gasteiger partial charge in [0.2, 0.25) is 0 Å². The Hall–Kier alpha value is -1.14. The quantitative estimate of drug-likeness (QED) is 0.723. The highest BCUT2D eigenvalue weighted by Gasteiger charge is 2.20. The molecule has 76 valence electrons. The predicted octanol–water partition coefficient (Wildman–Crippen LogP) is 0.198. The van der Waals surface area contributed by atoms with Gasteiger partial charge < -0.3 is 15.4 Å². The number of anilines is 1. The molecule has 2 heterocycles. The van der Waals surface area contributed by atoms with Gasteiger partial charge in [0.25, 0.3) is 5.91 Å². The first kappa shape index (κ1) is 9.42. The summed E-state index contributed by atoms with van der Waals surface area (Å²) in [6.45, 7) is 2.52. The van der Waals surface area contributed by atoms with Gasteiger partial charge in [0.1, 0.15) is 10.7 Å². The van der Waals surface area contributed by atoms with Crippen molar-refractivity contribution in [2.45, 2.75) is 0 Å². The second-order valence-electron chi connectivity index (χ2n) is 3.02. The topological polar surface area (TPSA) is 68.5 Å². The van der Waals surface area contributed by atoms with E-state index in [0.717, 1.165) is 11.5 Å². The number of rotatable bonds is 1. The first-order valence-electron chi connectivity index (χ1n) is 4.36.